The zero-order chi connectivity index (χ0) is 11.5. The minimum Gasteiger partial charge on any atom is -0.360 e. The van der Waals surface area contributed by atoms with E-state index in [2.05, 4.69) is 27.9 Å². The lowest BCUT2D eigenvalue weighted by molar-refractivity contribution is 1.31. The number of hydrogen-bond acceptors (Lipinski definition) is 1. The number of nitrogens with zero attached hydrogens (tertiary/aromatic N) is 1. The first-order valence-corrected chi connectivity index (χ1v) is 5.42. The van der Waals surface area contributed by atoms with E-state index in [1.54, 1.807) is 12.4 Å². The molecule has 0 aliphatic rings. The number of benzene rings is 1. The third-order valence-corrected chi connectivity index (χ3v) is 2.59. The van der Waals surface area contributed by atoms with Gasteiger partial charge in [-0.1, -0.05) is 30.0 Å². The Morgan fingerprint density at radius 3 is 2.82 bits per heavy atom. The van der Waals surface area contributed by atoms with Crippen LogP contribution in [-0.4, -0.2) is 9.97 Å². The van der Waals surface area contributed by atoms with Gasteiger partial charge >= 0.3 is 0 Å². The van der Waals surface area contributed by atoms with Gasteiger partial charge in [-0.2, -0.15) is 0 Å². The van der Waals surface area contributed by atoms with Crippen molar-refractivity contribution in [3.63, 3.8) is 0 Å². The number of para-hydroxylation sites is 1. The minimum atomic E-state index is 0.929. The van der Waals surface area contributed by atoms with Crippen LogP contribution in [0.2, 0.25) is 0 Å². The molecule has 2 heterocycles. The number of nitrogens with one attached hydrogen (secondary N) is 1. The fourth-order valence-electron chi connectivity index (χ4n) is 1.75. The van der Waals surface area contributed by atoms with E-state index in [1.165, 1.54) is 0 Å². The summed E-state index contributed by atoms with van der Waals surface area (Å²) in [6.07, 6.45) is 5.45. The van der Waals surface area contributed by atoms with Gasteiger partial charge in [0.15, 0.2) is 0 Å². The van der Waals surface area contributed by atoms with Crippen LogP contribution in [0, 0.1) is 11.8 Å². The molecule has 0 atom stereocenters. The van der Waals surface area contributed by atoms with Gasteiger partial charge in [-0.25, -0.2) is 0 Å². The molecule has 0 fully saturated rings. The Hall–Kier alpha value is -2.53. The molecule has 0 amide bonds. The fraction of sp³-hybridized carbons (Fsp3) is 0. The van der Waals surface area contributed by atoms with Crippen molar-refractivity contribution in [3.8, 4) is 11.8 Å². The molecule has 0 aliphatic heterocycles. The summed E-state index contributed by atoms with van der Waals surface area (Å²) in [4.78, 5) is 7.24. The van der Waals surface area contributed by atoms with E-state index in [0.29, 0.717) is 0 Å². The summed E-state index contributed by atoms with van der Waals surface area (Å²) in [5.41, 5.74) is 3.06. The highest BCUT2D eigenvalue weighted by Crippen LogP contribution is 2.16. The molecule has 0 bridgehead atoms. The Kier molecular flexibility index (Phi) is 2.36. The van der Waals surface area contributed by atoms with Crippen LogP contribution in [0.25, 0.3) is 10.9 Å². The lowest BCUT2D eigenvalue weighted by Crippen LogP contribution is -1.75. The van der Waals surface area contributed by atoms with Crippen molar-refractivity contribution in [1.82, 2.24) is 9.97 Å². The van der Waals surface area contributed by atoms with Gasteiger partial charge in [0.25, 0.3) is 0 Å². The topological polar surface area (TPSA) is 28.7 Å². The monoisotopic (exact) mass is 218 g/mol. The maximum absolute atomic E-state index is 4.04. The maximum atomic E-state index is 4.04. The Morgan fingerprint density at radius 2 is 1.94 bits per heavy atom. The van der Waals surface area contributed by atoms with Crippen LogP contribution < -0.4 is 0 Å². The molecule has 0 unspecified atom stereocenters. The second kappa shape index (κ2) is 4.15. The standard InChI is InChI=1S/C15H10N2/c1-2-6-15-14(5-1)13(11-17-15)8-7-12-4-3-9-16-10-12/h1-6,9-11,17H. The number of fused-ring (bicyclic) bond motifs is 1. The van der Waals surface area contributed by atoms with E-state index < -0.39 is 0 Å². The van der Waals surface area contributed by atoms with Crippen LogP contribution in [0.15, 0.2) is 55.0 Å². The fourth-order valence-corrected chi connectivity index (χ4v) is 1.75. The van der Waals surface area contributed by atoms with Crippen LogP contribution >= 0.6 is 0 Å². The van der Waals surface area contributed by atoms with Crippen LogP contribution in [0.3, 0.4) is 0 Å². The highest BCUT2D eigenvalue weighted by Gasteiger charge is 1.98. The molecule has 80 valence electrons. The van der Waals surface area contributed by atoms with Crippen molar-refractivity contribution in [2.24, 2.45) is 0 Å². The number of aromatic nitrogens is 2. The van der Waals surface area contributed by atoms with Gasteiger partial charge < -0.3 is 4.98 Å². The van der Waals surface area contributed by atoms with Gasteiger partial charge in [0.05, 0.1) is 5.56 Å². The van der Waals surface area contributed by atoms with E-state index in [9.17, 15) is 0 Å². The number of hydrogen-bond donors (Lipinski definition) is 1. The number of H-pyrrole nitrogens is 1. The van der Waals surface area contributed by atoms with Crippen molar-refractivity contribution in [2.75, 3.05) is 0 Å². The Balaban J connectivity index is 2.04. The molecule has 2 nitrogen and oxygen atoms in total. The van der Waals surface area contributed by atoms with Gasteiger partial charge in [-0.3, -0.25) is 4.98 Å². The van der Waals surface area contributed by atoms with E-state index in [0.717, 1.165) is 22.0 Å². The zero-order valence-electron chi connectivity index (χ0n) is 9.14. The largest absolute Gasteiger partial charge is 0.360 e. The first-order valence-electron chi connectivity index (χ1n) is 5.42. The number of rotatable bonds is 0. The predicted molar refractivity (Wildman–Crippen MR) is 68.5 cm³/mol. The molecule has 0 saturated carbocycles. The maximum Gasteiger partial charge on any atom is 0.0502 e. The lowest BCUT2D eigenvalue weighted by Gasteiger charge is -1.88. The van der Waals surface area contributed by atoms with Crippen molar-refractivity contribution < 1.29 is 0 Å². The number of aromatic amines is 1. The van der Waals surface area contributed by atoms with Crippen molar-refractivity contribution in [2.45, 2.75) is 0 Å². The molecule has 0 aliphatic carbocycles. The van der Waals surface area contributed by atoms with Gasteiger partial charge in [-0.15, -0.1) is 0 Å². The molecule has 0 saturated heterocycles. The van der Waals surface area contributed by atoms with Crippen molar-refractivity contribution in [3.05, 3.63) is 66.1 Å². The lowest BCUT2D eigenvalue weighted by atomic mass is 10.1. The van der Waals surface area contributed by atoms with E-state index in [4.69, 9.17) is 0 Å². The molecule has 0 radical (unpaired) electrons. The van der Waals surface area contributed by atoms with Gasteiger partial charge in [-0.05, 0) is 18.2 Å². The van der Waals surface area contributed by atoms with E-state index in [1.807, 2.05) is 36.5 Å². The molecule has 3 aromatic rings. The average molecular weight is 218 g/mol. The quantitative estimate of drug-likeness (QED) is 0.577. The summed E-state index contributed by atoms with van der Waals surface area (Å²) in [5.74, 6) is 6.27. The van der Waals surface area contributed by atoms with Crippen molar-refractivity contribution in [1.29, 1.82) is 0 Å². The number of pyridine rings is 1. The predicted octanol–water partition coefficient (Wildman–Crippen LogP) is 2.96. The zero-order valence-corrected chi connectivity index (χ0v) is 9.14. The molecule has 2 aromatic heterocycles. The van der Waals surface area contributed by atoms with Crippen LogP contribution in [0.4, 0.5) is 0 Å². The molecule has 2 heteroatoms. The summed E-state index contributed by atoms with van der Waals surface area (Å²) >= 11 is 0. The van der Waals surface area contributed by atoms with E-state index >= 15 is 0 Å². The van der Waals surface area contributed by atoms with Crippen LogP contribution in [0.1, 0.15) is 11.1 Å². The van der Waals surface area contributed by atoms with Gasteiger partial charge in [0.2, 0.25) is 0 Å². The molecule has 1 aromatic carbocycles. The summed E-state index contributed by atoms with van der Waals surface area (Å²) in [6, 6.07) is 12.0. The second-order valence-electron chi connectivity index (χ2n) is 3.74. The first-order chi connectivity index (χ1) is 8.43. The average Bonchev–Trinajstić information content (AvgIpc) is 2.81. The molecule has 3 rings (SSSR count). The molecule has 17 heavy (non-hydrogen) atoms. The highest BCUT2D eigenvalue weighted by molar-refractivity contribution is 5.86. The van der Waals surface area contributed by atoms with Gasteiger partial charge in [0, 0.05) is 35.1 Å². The molecular formula is C15H10N2. The Bertz CT molecular complexity index is 700. The minimum absolute atomic E-state index is 0.929. The van der Waals surface area contributed by atoms with Crippen molar-refractivity contribution >= 4 is 10.9 Å². The molecular weight excluding hydrogens is 208 g/mol. The summed E-state index contributed by atoms with van der Waals surface area (Å²) in [7, 11) is 0. The van der Waals surface area contributed by atoms with E-state index in [-0.39, 0.29) is 0 Å². The third-order valence-electron chi connectivity index (χ3n) is 2.59. The first kappa shape index (κ1) is 9.68. The summed E-state index contributed by atoms with van der Waals surface area (Å²) < 4.78 is 0. The van der Waals surface area contributed by atoms with Crippen LogP contribution in [-0.2, 0) is 0 Å². The van der Waals surface area contributed by atoms with Gasteiger partial charge in [0.1, 0.15) is 0 Å². The summed E-state index contributed by atoms with van der Waals surface area (Å²) in [6.45, 7) is 0. The smallest absolute Gasteiger partial charge is 0.0502 e. The Morgan fingerprint density at radius 1 is 1.00 bits per heavy atom. The second-order valence-corrected chi connectivity index (χ2v) is 3.74. The molecule has 0 spiro atoms. The molecule has 1 N–H and O–H groups in total. The van der Waals surface area contributed by atoms with Crippen LogP contribution in [0.5, 0.6) is 0 Å². The highest BCUT2D eigenvalue weighted by atomic mass is 14.7. The SMILES string of the molecule is C(#Cc1c[nH]c2ccccc12)c1cccnc1. The third kappa shape index (κ3) is 1.91. The Labute approximate surface area is 99.3 Å². The normalized spacial score (nSPS) is 9.88. The summed E-state index contributed by atoms with van der Waals surface area (Å²) in [5, 5.41) is 1.16.